The number of benzene rings is 1. The van der Waals surface area contributed by atoms with Crippen molar-refractivity contribution in [2.45, 2.75) is 25.3 Å². The van der Waals surface area contributed by atoms with E-state index in [1.54, 1.807) is 24.5 Å². The predicted molar refractivity (Wildman–Crippen MR) is 129 cm³/mol. The lowest BCUT2D eigenvalue weighted by atomic mass is 10.0. The van der Waals surface area contributed by atoms with Gasteiger partial charge in [-0.25, -0.2) is 0 Å². The molecule has 3 heterocycles. The van der Waals surface area contributed by atoms with Crippen LogP contribution in [0.2, 0.25) is 4.34 Å². The summed E-state index contributed by atoms with van der Waals surface area (Å²) in [4.78, 5) is 32.8. The Hall–Kier alpha value is -2.74. The average molecular weight is 469 g/mol. The molecule has 1 aromatic carbocycles. The summed E-state index contributed by atoms with van der Waals surface area (Å²) in [5, 5.41) is 5.86. The van der Waals surface area contributed by atoms with E-state index in [1.165, 1.54) is 22.5 Å². The monoisotopic (exact) mass is 468 g/mol. The van der Waals surface area contributed by atoms with Crippen molar-refractivity contribution in [1.82, 2.24) is 15.2 Å². The van der Waals surface area contributed by atoms with Gasteiger partial charge in [0.1, 0.15) is 6.04 Å². The second kappa shape index (κ2) is 10.3. The Kier molecular flexibility index (Phi) is 7.19. The number of pyridine rings is 1. The highest BCUT2D eigenvalue weighted by molar-refractivity contribution is 7.18. The van der Waals surface area contributed by atoms with Crippen LogP contribution in [0.5, 0.6) is 0 Å². The van der Waals surface area contributed by atoms with E-state index >= 15 is 0 Å². The zero-order chi connectivity index (χ0) is 22.5. The molecule has 32 heavy (non-hydrogen) atoms. The van der Waals surface area contributed by atoms with Gasteiger partial charge in [0.05, 0.1) is 9.21 Å². The van der Waals surface area contributed by atoms with Crippen LogP contribution in [0, 0.1) is 0 Å². The largest absolute Gasteiger partial charge is 0.339 e. The van der Waals surface area contributed by atoms with E-state index < -0.39 is 6.04 Å². The highest BCUT2D eigenvalue weighted by Crippen LogP contribution is 2.22. The molecular weight excluding hydrogens is 444 g/mol. The summed E-state index contributed by atoms with van der Waals surface area (Å²) in [5.41, 5.74) is 4.18. The molecule has 2 aromatic heterocycles. The number of anilines is 1. The summed E-state index contributed by atoms with van der Waals surface area (Å²) in [6, 6.07) is 12.4. The number of aromatic nitrogens is 1. The van der Waals surface area contributed by atoms with Crippen LogP contribution in [0.1, 0.15) is 26.4 Å². The Balaban J connectivity index is 1.51. The number of hydrogen-bond donors (Lipinski definition) is 2. The minimum atomic E-state index is -0.752. The molecule has 1 atom stereocenters. The van der Waals surface area contributed by atoms with E-state index in [1.807, 2.05) is 24.3 Å². The van der Waals surface area contributed by atoms with Gasteiger partial charge in [-0.2, -0.15) is 0 Å². The Morgan fingerprint density at radius 3 is 2.69 bits per heavy atom. The summed E-state index contributed by atoms with van der Waals surface area (Å²) in [6.45, 7) is 2.03. The number of carbonyl (C=O) groups excluding carboxylic acids is 2. The first kappa shape index (κ1) is 22.5. The molecule has 8 heteroatoms. The lowest BCUT2D eigenvalue weighted by Gasteiger charge is -2.19. The molecule has 0 fully saturated rings. The molecule has 1 unspecified atom stereocenters. The third-order valence-electron chi connectivity index (χ3n) is 5.58. The molecule has 166 valence electrons. The molecule has 0 aliphatic carbocycles. The zero-order valence-electron chi connectivity index (χ0n) is 17.8. The minimum Gasteiger partial charge on any atom is -0.339 e. The Bertz CT molecular complexity index is 1100. The number of halogens is 1. The molecule has 0 radical (unpaired) electrons. The molecule has 2 N–H and O–H groups in total. The van der Waals surface area contributed by atoms with Crippen LogP contribution in [0.4, 0.5) is 5.69 Å². The van der Waals surface area contributed by atoms with E-state index in [0.717, 1.165) is 37.2 Å². The number of likely N-dealkylation sites (N-methyl/N-ethyl adjacent to an activating group) is 1. The number of thiophene rings is 1. The lowest BCUT2D eigenvalue weighted by molar-refractivity contribution is -0.118. The van der Waals surface area contributed by atoms with E-state index in [-0.39, 0.29) is 11.8 Å². The quantitative estimate of drug-likeness (QED) is 0.577. The van der Waals surface area contributed by atoms with Crippen molar-refractivity contribution >= 4 is 40.4 Å². The second-order valence-electron chi connectivity index (χ2n) is 7.97. The van der Waals surface area contributed by atoms with Gasteiger partial charge in [0.25, 0.3) is 5.91 Å². The van der Waals surface area contributed by atoms with Gasteiger partial charge in [0, 0.05) is 37.6 Å². The van der Waals surface area contributed by atoms with Gasteiger partial charge in [-0.05, 0) is 66.9 Å². The van der Waals surface area contributed by atoms with E-state index in [0.29, 0.717) is 15.6 Å². The fraction of sp³-hybridized carbons (Fsp3) is 0.292. The van der Waals surface area contributed by atoms with Crippen LogP contribution >= 0.6 is 22.9 Å². The first-order chi connectivity index (χ1) is 15.5. The van der Waals surface area contributed by atoms with Crippen LogP contribution in [0.3, 0.4) is 0 Å². The summed E-state index contributed by atoms with van der Waals surface area (Å²) < 4.78 is 0.527. The van der Waals surface area contributed by atoms with Crippen molar-refractivity contribution in [3.63, 3.8) is 0 Å². The number of hydrogen-bond acceptors (Lipinski definition) is 5. The standard InChI is InChI=1S/C24H25ClN4O2S/c1-29-11-8-17-4-5-19(14-18(17)9-12-29)27-23(30)20(13-16-3-2-10-26-15-16)28-24(31)21-6-7-22(25)32-21/h2-7,10,14-15,20H,8-9,11-13H2,1H3,(H,27,30)(H,28,31). The Morgan fingerprint density at radius 1 is 1.16 bits per heavy atom. The van der Waals surface area contributed by atoms with Gasteiger partial charge in [0.2, 0.25) is 5.91 Å². The van der Waals surface area contributed by atoms with Crippen molar-refractivity contribution in [2.75, 3.05) is 25.5 Å². The van der Waals surface area contributed by atoms with Gasteiger partial charge in [-0.3, -0.25) is 14.6 Å². The highest BCUT2D eigenvalue weighted by Gasteiger charge is 2.23. The number of fused-ring (bicyclic) bond motifs is 1. The third kappa shape index (κ3) is 5.73. The van der Waals surface area contributed by atoms with Crippen molar-refractivity contribution in [3.05, 3.63) is 80.8 Å². The van der Waals surface area contributed by atoms with Crippen molar-refractivity contribution in [2.24, 2.45) is 0 Å². The zero-order valence-corrected chi connectivity index (χ0v) is 19.4. The predicted octanol–water partition coefficient (Wildman–Crippen LogP) is 3.81. The number of carbonyl (C=O) groups is 2. The molecular formula is C24H25ClN4O2S. The van der Waals surface area contributed by atoms with Crippen molar-refractivity contribution in [3.8, 4) is 0 Å². The summed E-state index contributed by atoms with van der Waals surface area (Å²) in [6.07, 6.45) is 5.67. The maximum atomic E-state index is 13.2. The van der Waals surface area contributed by atoms with Gasteiger partial charge >= 0.3 is 0 Å². The van der Waals surface area contributed by atoms with Gasteiger partial charge in [0.15, 0.2) is 0 Å². The first-order valence-corrected chi connectivity index (χ1v) is 11.7. The van der Waals surface area contributed by atoms with Crippen LogP contribution in [0.25, 0.3) is 0 Å². The lowest BCUT2D eigenvalue weighted by Crippen LogP contribution is -2.45. The van der Waals surface area contributed by atoms with Gasteiger partial charge in [-0.1, -0.05) is 23.7 Å². The molecule has 6 nitrogen and oxygen atoms in total. The molecule has 0 spiro atoms. The fourth-order valence-corrected chi connectivity index (χ4v) is 4.72. The molecule has 0 saturated carbocycles. The molecule has 2 amide bonds. The summed E-state index contributed by atoms with van der Waals surface area (Å²) in [5.74, 6) is -0.591. The Morgan fingerprint density at radius 2 is 1.97 bits per heavy atom. The van der Waals surface area contributed by atoms with Crippen LogP contribution < -0.4 is 10.6 Å². The third-order valence-corrected chi connectivity index (χ3v) is 6.81. The van der Waals surface area contributed by atoms with Crippen LogP contribution in [0.15, 0.2) is 54.9 Å². The number of rotatable bonds is 6. The maximum absolute atomic E-state index is 13.2. The van der Waals surface area contributed by atoms with E-state index in [4.69, 9.17) is 11.6 Å². The molecule has 0 bridgehead atoms. The number of nitrogens with one attached hydrogen (secondary N) is 2. The molecule has 1 aliphatic heterocycles. The smallest absolute Gasteiger partial charge is 0.262 e. The average Bonchev–Trinajstić information content (AvgIpc) is 3.14. The highest BCUT2D eigenvalue weighted by atomic mass is 35.5. The molecule has 3 aromatic rings. The van der Waals surface area contributed by atoms with Gasteiger partial charge in [-0.15, -0.1) is 11.3 Å². The van der Waals surface area contributed by atoms with Crippen LogP contribution in [-0.4, -0.2) is 47.9 Å². The summed E-state index contributed by atoms with van der Waals surface area (Å²) in [7, 11) is 2.13. The van der Waals surface area contributed by atoms with Crippen LogP contribution in [-0.2, 0) is 24.1 Å². The molecule has 1 aliphatic rings. The molecule has 4 rings (SSSR count). The fourth-order valence-electron chi connectivity index (χ4n) is 3.77. The van der Waals surface area contributed by atoms with E-state index in [9.17, 15) is 9.59 Å². The van der Waals surface area contributed by atoms with Crippen molar-refractivity contribution < 1.29 is 9.59 Å². The van der Waals surface area contributed by atoms with E-state index in [2.05, 4.69) is 33.6 Å². The summed E-state index contributed by atoms with van der Waals surface area (Å²) >= 11 is 7.15. The number of nitrogens with zero attached hydrogens (tertiary/aromatic N) is 2. The van der Waals surface area contributed by atoms with Gasteiger partial charge < -0.3 is 15.5 Å². The number of amides is 2. The Labute approximate surface area is 196 Å². The topological polar surface area (TPSA) is 74.3 Å². The normalized spacial score (nSPS) is 14.8. The second-order valence-corrected chi connectivity index (χ2v) is 9.69. The minimum absolute atomic E-state index is 0.268. The maximum Gasteiger partial charge on any atom is 0.262 e. The first-order valence-electron chi connectivity index (χ1n) is 10.5. The van der Waals surface area contributed by atoms with Crippen molar-refractivity contribution in [1.29, 1.82) is 0 Å². The SMILES string of the molecule is CN1CCc2ccc(NC(=O)C(Cc3cccnc3)NC(=O)c3ccc(Cl)s3)cc2CC1. The molecule has 0 saturated heterocycles.